The average molecular weight is 273 g/mol. The van der Waals surface area contributed by atoms with Crippen molar-refractivity contribution in [3.05, 3.63) is 41.5 Å². The maximum atomic E-state index is 12.5. The summed E-state index contributed by atoms with van der Waals surface area (Å²) in [6.45, 7) is 1.46. The Morgan fingerprint density at radius 3 is 2.68 bits per heavy atom. The molecule has 0 unspecified atom stereocenters. The monoisotopic (exact) mass is 273 g/mol. The Morgan fingerprint density at radius 1 is 1.42 bits per heavy atom. The highest BCUT2D eigenvalue weighted by Gasteiger charge is 2.30. The Labute approximate surface area is 108 Å². The van der Waals surface area contributed by atoms with Gasteiger partial charge in [0.05, 0.1) is 12.2 Å². The second kappa shape index (κ2) is 6.38. The van der Waals surface area contributed by atoms with Gasteiger partial charge in [-0.3, -0.25) is 4.79 Å². The molecule has 0 fully saturated rings. The Kier molecular flexibility index (Phi) is 5.11. The van der Waals surface area contributed by atoms with Crippen LogP contribution in [0.15, 0.2) is 30.3 Å². The van der Waals surface area contributed by atoms with Gasteiger partial charge in [0, 0.05) is 12.6 Å². The van der Waals surface area contributed by atoms with Gasteiger partial charge in [-0.15, -0.1) is 0 Å². The number of carbonyl (C=O) groups is 1. The van der Waals surface area contributed by atoms with Crippen LogP contribution in [0.25, 0.3) is 5.57 Å². The number of hydrogen-bond donors (Lipinski definition) is 2. The molecule has 0 saturated carbocycles. The molecule has 104 valence electrons. The third kappa shape index (κ3) is 4.75. The first-order valence-electron chi connectivity index (χ1n) is 5.59. The summed E-state index contributed by atoms with van der Waals surface area (Å²) in [6, 6.07) is 4.76. The zero-order valence-electron chi connectivity index (χ0n) is 10.3. The molecule has 0 radical (unpaired) electrons. The summed E-state index contributed by atoms with van der Waals surface area (Å²) in [5.74, 6) is -0.455. The number of nitrogens with one attached hydrogen (secondary N) is 1. The SMILES string of the molecule is C/C(=C/C(=O)NCCO)c1cccc(C(F)(F)F)c1. The molecule has 1 amide bonds. The van der Waals surface area contributed by atoms with E-state index in [1.54, 1.807) is 6.92 Å². The standard InChI is InChI=1S/C13H14F3NO2/c1-9(7-12(19)17-5-6-18)10-3-2-4-11(8-10)13(14,15)16/h2-4,7-8,18H,5-6H2,1H3,(H,17,19)/b9-7-. The fourth-order valence-electron chi connectivity index (χ4n) is 1.45. The number of alkyl halides is 3. The molecule has 1 aromatic rings. The van der Waals surface area contributed by atoms with Gasteiger partial charge < -0.3 is 10.4 Å². The van der Waals surface area contributed by atoms with Crippen molar-refractivity contribution < 1.29 is 23.1 Å². The maximum absolute atomic E-state index is 12.5. The number of amides is 1. The molecular formula is C13H14F3NO2. The van der Waals surface area contributed by atoms with E-state index in [1.807, 2.05) is 0 Å². The predicted molar refractivity (Wildman–Crippen MR) is 65.2 cm³/mol. The summed E-state index contributed by atoms with van der Waals surface area (Å²) in [5, 5.41) is 10.9. The van der Waals surface area contributed by atoms with Crippen molar-refractivity contribution in [3.63, 3.8) is 0 Å². The zero-order chi connectivity index (χ0) is 14.5. The number of benzene rings is 1. The summed E-state index contributed by atoms with van der Waals surface area (Å²) < 4.78 is 37.6. The van der Waals surface area contributed by atoms with Crippen molar-refractivity contribution in [2.75, 3.05) is 13.2 Å². The fraction of sp³-hybridized carbons (Fsp3) is 0.308. The molecule has 0 spiro atoms. The van der Waals surface area contributed by atoms with Crippen LogP contribution >= 0.6 is 0 Å². The normalized spacial score (nSPS) is 12.4. The smallest absolute Gasteiger partial charge is 0.395 e. The van der Waals surface area contributed by atoms with Gasteiger partial charge in [-0.05, 0) is 30.2 Å². The Hall–Kier alpha value is -1.82. The molecule has 1 aromatic carbocycles. The highest BCUT2D eigenvalue weighted by atomic mass is 19.4. The summed E-state index contributed by atoms with van der Waals surface area (Å²) >= 11 is 0. The van der Waals surface area contributed by atoms with E-state index in [9.17, 15) is 18.0 Å². The quantitative estimate of drug-likeness (QED) is 0.826. The minimum atomic E-state index is -4.41. The highest BCUT2D eigenvalue weighted by Crippen LogP contribution is 2.30. The van der Waals surface area contributed by atoms with Crippen LogP contribution in [0.1, 0.15) is 18.1 Å². The van der Waals surface area contributed by atoms with Gasteiger partial charge in [0.2, 0.25) is 5.91 Å². The molecule has 0 aliphatic heterocycles. The van der Waals surface area contributed by atoms with Gasteiger partial charge in [-0.2, -0.15) is 13.2 Å². The fourth-order valence-corrected chi connectivity index (χ4v) is 1.45. The lowest BCUT2D eigenvalue weighted by Gasteiger charge is -2.09. The van der Waals surface area contributed by atoms with Crippen molar-refractivity contribution in [2.45, 2.75) is 13.1 Å². The maximum Gasteiger partial charge on any atom is 0.416 e. The van der Waals surface area contributed by atoms with E-state index >= 15 is 0 Å². The molecule has 19 heavy (non-hydrogen) atoms. The van der Waals surface area contributed by atoms with Crippen LogP contribution in [0.3, 0.4) is 0 Å². The van der Waals surface area contributed by atoms with Gasteiger partial charge in [0.15, 0.2) is 0 Å². The molecule has 0 saturated heterocycles. The molecule has 2 N–H and O–H groups in total. The molecule has 6 heteroatoms. The number of aliphatic hydroxyl groups excluding tert-OH is 1. The van der Waals surface area contributed by atoms with Crippen LogP contribution in [0.5, 0.6) is 0 Å². The molecule has 0 heterocycles. The zero-order valence-corrected chi connectivity index (χ0v) is 10.3. The lowest BCUT2D eigenvalue weighted by molar-refractivity contribution is -0.137. The number of allylic oxidation sites excluding steroid dienone is 1. The molecule has 3 nitrogen and oxygen atoms in total. The number of rotatable bonds is 4. The molecule has 0 atom stereocenters. The average Bonchev–Trinajstić information content (AvgIpc) is 2.35. The second-order valence-electron chi connectivity index (χ2n) is 3.92. The lowest BCUT2D eigenvalue weighted by atomic mass is 10.0. The Bertz CT molecular complexity index is 481. The van der Waals surface area contributed by atoms with E-state index in [0.717, 1.165) is 12.1 Å². The number of aliphatic hydroxyl groups is 1. The first-order chi connectivity index (χ1) is 8.84. The molecule has 0 aromatic heterocycles. The van der Waals surface area contributed by atoms with Gasteiger partial charge in [-0.25, -0.2) is 0 Å². The van der Waals surface area contributed by atoms with E-state index in [-0.39, 0.29) is 13.2 Å². The third-order valence-corrected chi connectivity index (χ3v) is 2.40. The molecule has 0 aliphatic carbocycles. The van der Waals surface area contributed by atoms with Crippen molar-refractivity contribution in [1.29, 1.82) is 0 Å². The van der Waals surface area contributed by atoms with Crippen LogP contribution < -0.4 is 5.32 Å². The predicted octanol–water partition coefficient (Wildman–Crippen LogP) is 2.22. The summed E-state index contributed by atoms with van der Waals surface area (Å²) in [5.41, 5.74) is -0.0102. The first kappa shape index (κ1) is 15.2. The second-order valence-corrected chi connectivity index (χ2v) is 3.92. The van der Waals surface area contributed by atoms with E-state index in [4.69, 9.17) is 5.11 Å². The summed E-state index contributed by atoms with van der Waals surface area (Å²) in [4.78, 5) is 11.3. The highest BCUT2D eigenvalue weighted by molar-refractivity contribution is 5.94. The van der Waals surface area contributed by atoms with Crippen molar-refractivity contribution in [3.8, 4) is 0 Å². The Balaban J connectivity index is 2.91. The van der Waals surface area contributed by atoms with Crippen LogP contribution in [-0.4, -0.2) is 24.2 Å². The molecule has 0 bridgehead atoms. The van der Waals surface area contributed by atoms with Gasteiger partial charge >= 0.3 is 6.18 Å². The number of hydrogen-bond acceptors (Lipinski definition) is 2. The van der Waals surface area contributed by atoms with E-state index in [1.165, 1.54) is 18.2 Å². The minimum absolute atomic E-state index is 0.102. The third-order valence-electron chi connectivity index (χ3n) is 2.40. The lowest BCUT2D eigenvalue weighted by Crippen LogP contribution is -2.24. The molecular weight excluding hydrogens is 259 g/mol. The number of halogens is 3. The Morgan fingerprint density at radius 2 is 2.11 bits per heavy atom. The topological polar surface area (TPSA) is 49.3 Å². The van der Waals surface area contributed by atoms with Crippen LogP contribution in [0, 0.1) is 0 Å². The first-order valence-corrected chi connectivity index (χ1v) is 5.59. The van der Waals surface area contributed by atoms with E-state index in [0.29, 0.717) is 11.1 Å². The van der Waals surface area contributed by atoms with Crippen LogP contribution in [0.2, 0.25) is 0 Å². The van der Waals surface area contributed by atoms with Crippen LogP contribution in [-0.2, 0) is 11.0 Å². The summed E-state index contributed by atoms with van der Waals surface area (Å²) in [7, 11) is 0. The van der Waals surface area contributed by atoms with Crippen LogP contribution in [0.4, 0.5) is 13.2 Å². The van der Waals surface area contributed by atoms with Crippen molar-refractivity contribution >= 4 is 11.5 Å². The van der Waals surface area contributed by atoms with E-state index < -0.39 is 17.6 Å². The summed E-state index contributed by atoms with van der Waals surface area (Å²) in [6.07, 6.45) is -3.21. The van der Waals surface area contributed by atoms with Gasteiger partial charge in [-0.1, -0.05) is 12.1 Å². The number of carbonyl (C=O) groups excluding carboxylic acids is 1. The largest absolute Gasteiger partial charge is 0.416 e. The minimum Gasteiger partial charge on any atom is -0.395 e. The molecule has 1 rings (SSSR count). The van der Waals surface area contributed by atoms with Gasteiger partial charge in [0.1, 0.15) is 0 Å². The molecule has 0 aliphatic rings. The van der Waals surface area contributed by atoms with E-state index in [2.05, 4.69) is 5.32 Å². The van der Waals surface area contributed by atoms with Gasteiger partial charge in [0.25, 0.3) is 0 Å². The van der Waals surface area contributed by atoms with Crippen molar-refractivity contribution in [1.82, 2.24) is 5.32 Å². The van der Waals surface area contributed by atoms with Crippen molar-refractivity contribution in [2.24, 2.45) is 0 Å².